The molecule has 5 heteroatoms. The van der Waals surface area contributed by atoms with Crippen LogP contribution in [0.5, 0.6) is 0 Å². The minimum atomic E-state index is -0.322. The number of hydrogen-bond donors (Lipinski definition) is 2. The Balaban J connectivity index is 2.10. The Kier molecular flexibility index (Phi) is 5.09. The van der Waals surface area contributed by atoms with E-state index in [9.17, 15) is 4.39 Å². The normalized spacial score (nSPS) is 10.7. The van der Waals surface area contributed by atoms with E-state index in [1.807, 2.05) is 13.0 Å². The van der Waals surface area contributed by atoms with Crippen molar-refractivity contribution in [1.82, 2.24) is 9.97 Å². The molecule has 21 heavy (non-hydrogen) atoms. The zero-order valence-electron chi connectivity index (χ0n) is 12.7. The van der Waals surface area contributed by atoms with E-state index in [4.69, 9.17) is 0 Å². The SMILES string of the molecule is Cc1cc(NCCC(C)C)nc(Nc2ccccc2F)n1. The van der Waals surface area contributed by atoms with Crippen molar-refractivity contribution in [3.05, 3.63) is 41.8 Å². The first-order valence-electron chi connectivity index (χ1n) is 7.15. The molecule has 0 saturated carbocycles. The molecule has 4 nitrogen and oxygen atoms in total. The lowest BCUT2D eigenvalue weighted by molar-refractivity contribution is 0.606. The summed E-state index contributed by atoms with van der Waals surface area (Å²) in [6.07, 6.45) is 1.07. The molecule has 0 fully saturated rings. The second kappa shape index (κ2) is 7.02. The maximum absolute atomic E-state index is 13.6. The van der Waals surface area contributed by atoms with Gasteiger partial charge in [0, 0.05) is 18.3 Å². The van der Waals surface area contributed by atoms with Gasteiger partial charge < -0.3 is 10.6 Å². The third-order valence-corrected chi connectivity index (χ3v) is 3.00. The quantitative estimate of drug-likeness (QED) is 0.839. The van der Waals surface area contributed by atoms with Crippen molar-refractivity contribution in [1.29, 1.82) is 0 Å². The van der Waals surface area contributed by atoms with Gasteiger partial charge in [0.05, 0.1) is 5.69 Å². The highest BCUT2D eigenvalue weighted by atomic mass is 19.1. The van der Waals surface area contributed by atoms with Gasteiger partial charge in [-0.3, -0.25) is 0 Å². The topological polar surface area (TPSA) is 49.8 Å². The average Bonchev–Trinajstić information content (AvgIpc) is 2.40. The van der Waals surface area contributed by atoms with Gasteiger partial charge in [-0.15, -0.1) is 0 Å². The molecule has 0 aliphatic carbocycles. The first kappa shape index (κ1) is 15.2. The summed E-state index contributed by atoms with van der Waals surface area (Å²) >= 11 is 0. The summed E-state index contributed by atoms with van der Waals surface area (Å²) in [5.41, 5.74) is 1.20. The molecule has 1 heterocycles. The molecule has 0 bridgehead atoms. The Labute approximate surface area is 124 Å². The van der Waals surface area contributed by atoms with Crippen molar-refractivity contribution >= 4 is 17.5 Å². The molecule has 0 saturated heterocycles. The number of halogens is 1. The number of nitrogens with zero attached hydrogens (tertiary/aromatic N) is 2. The molecule has 2 N–H and O–H groups in total. The third kappa shape index (κ3) is 4.70. The lowest BCUT2D eigenvalue weighted by Gasteiger charge is -2.11. The number of benzene rings is 1. The fourth-order valence-electron chi connectivity index (χ4n) is 1.89. The van der Waals surface area contributed by atoms with Gasteiger partial charge in [0.25, 0.3) is 0 Å². The van der Waals surface area contributed by atoms with Gasteiger partial charge in [0.1, 0.15) is 11.6 Å². The summed E-state index contributed by atoms with van der Waals surface area (Å²) in [7, 11) is 0. The van der Waals surface area contributed by atoms with Crippen LogP contribution in [0.3, 0.4) is 0 Å². The molecule has 2 rings (SSSR count). The highest BCUT2D eigenvalue weighted by molar-refractivity contribution is 5.55. The lowest BCUT2D eigenvalue weighted by Crippen LogP contribution is -2.08. The molecule has 1 aromatic carbocycles. The van der Waals surface area contributed by atoms with Crippen molar-refractivity contribution < 1.29 is 4.39 Å². The Morgan fingerprint density at radius 2 is 1.95 bits per heavy atom. The van der Waals surface area contributed by atoms with Crippen molar-refractivity contribution in [2.24, 2.45) is 5.92 Å². The van der Waals surface area contributed by atoms with E-state index < -0.39 is 0 Å². The number of aromatic nitrogens is 2. The molecule has 1 aromatic heterocycles. The highest BCUT2D eigenvalue weighted by Crippen LogP contribution is 2.18. The number of nitrogens with one attached hydrogen (secondary N) is 2. The highest BCUT2D eigenvalue weighted by Gasteiger charge is 2.06. The van der Waals surface area contributed by atoms with E-state index in [2.05, 4.69) is 34.4 Å². The van der Waals surface area contributed by atoms with E-state index in [1.54, 1.807) is 18.2 Å². The van der Waals surface area contributed by atoms with Crippen LogP contribution in [-0.2, 0) is 0 Å². The molecule has 0 aliphatic heterocycles. The van der Waals surface area contributed by atoms with E-state index >= 15 is 0 Å². The largest absolute Gasteiger partial charge is 0.370 e. The van der Waals surface area contributed by atoms with Gasteiger partial charge in [-0.25, -0.2) is 9.37 Å². The zero-order valence-corrected chi connectivity index (χ0v) is 12.7. The minimum Gasteiger partial charge on any atom is -0.370 e. The molecule has 0 atom stereocenters. The molecular formula is C16H21FN4. The predicted molar refractivity (Wildman–Crippen MR) is 84.4 cm³/mol. The van der Waals surface area contributed by atoms with Crippen LogP contribution in [0.1, 0.15) is 26.0 Å². The van der Waals surface area contributed by atoms with Gasteiger partial charge in [0.15, 0.2) is 0 Å². The molecule has 112 valence electrons. The van der Waals surface area contributed by atoms with Gasteiger partial charge in [-0.2, -0.15) is 4.98 Å². The molecular weight excluding hydrogens is 267 g/mol. The predicted octanol–water partition coefficient (Wildman–Crippen LogP) is 4.13. The van der Waals surface area contributed by atoms with E-state index in [0.29, 0.717) is 17.6 Å². The monoisotopic (exact) mass is 288 g/mol. The lowest BCUT2D eigenvalue weighted by atomic mass is 10.1. The molecule has 0 spiro atoms. The second-order valence-corrected chi connectivity index (χ2v) is 5.43. The molecule has 0 amide bonds. The van der Waals surface area contributed by atoms with Crippen LogP contribution in [0.25, 0.3) is 0 Å². The first-order chi connectivity index (χ1) is 10.0. The number of rotatable bonds is 6. The maximum Gasteiger partial charge on any atom is 0.229 e. The standard InChI is InChI=1S/C16H21FN4/c1-11(2)8-9-18-15-10-12(3)19-16(21-15)20-14-7-5-4-6-13(14)17/h4-7,10-11H,8-9H2,1-3H3,(H2,18,19,20,21). The van der Waals surface area contributed by atoms with E-state index in [-0.39, 0.29) is 5.82 Å². The third-order valence-electron chi connectivity index (χ3n) is 3.00. The summed E-state index contributed by atoms with van der Waals surface area (Å²) in [4.78, 5) is 8.65. The summed E-state index contributed by atoms with van der Waals surface area (Å²) in [6, 6.07) is 8.36. The fourth-order valence-corrected chi connectivity index (χ4v) is 1.89. The molecule has 0 unspecified atom stereocenters. The Morgan fingerprint density at radius 1 is 1.19 bits per heavy atom. The van der Waals surface area contributed by atoms with Crippen LogP contribution in [0.15, 0.2) is 30.3 Å². The zero-order chi connectivity index (χ0) is 15.2. The summed E-state index contributed by atoms with van der Waals surface area (Å²) < 4.78 is 13.6. The second-order valence-electron chi connectivity index (χ2n) is 5.43. The van der Waals surface area contributed by atoms with Crippen LogP contribution in [0.4, 0.5) is 21.8 Å². The van der Waals surface area contributed by atoms with Crippen LogP contribution in [-0.4, -0.2) is 16.5 Å². The average molecular weight is 288 g/mol. The summed E-state index contributed by atoms with van der Waals surface area (Å²) in [5.74, 6) is 1.46. The Bertz CT molecular complexity index is 599. The minimum absolute atomic E-state index is 0.322. The summed E-state index contributed by atoms with van der Waals surface area (Å²) in [5, 5.41) is 6.19. The van der Waals surface area contributed by atoms with Gasteiger partial charge >= 0.3 is 0 Å². The smallest absolute Gasteiger partial charge is 0.229 e. The molecule has 2 aromatic rings. The Hall–Kier alpha value is -2.17. The van der Waals surface area contributed by atoms with Crippen molar-refractivity contribution in [3.63, 3.8) is 0 Å². The fraction of sp³-hybridized carbons (Fsp3) is 0.375. The number of para-hydroxylation sites is 1. The van der Waals surface area contributed by atoms with E-state index in [0.717, 1.165) is 24.5 Å². The number of hydrogen-bond acceptors (Lipinski definition) is 4. The number of aryl methyl sites for hydroxylation is 1. The molecule has 0 radical (unpaired) electrons. The Morgan fingerprint density at radius 3 is 2.67 bits per heavy atom. The van der Waals surface area contributed by atoms with Gasteiger partial charge in [0.2, 0.25) is 5.95 Å². The van der Waals surface area contributed by atoms with Crippen molar-refractivity contribution in [2.45, 2.75) is 27.2 Å². The van der Waals surface area contributed by atoms with Gasteiger partial charge in [-0.05, 0) is 31.4 Å². The maximum atomic E-state index is 13.6. The molecule has 0 aliphatic rings. The van der Waals surface area contributed by atoms with Crippen LogP contribution >= 0.6 is 0 Å². The summed E-state index contributed by atoms with van der Waals surface area (Å²) in [6.45, 7) is 7.10. The van der Waals surface area contributed by atoms with E-state index in [1.165, 1.54) is 6.07 Å². The van der Waals surface area contributed by atoms with Gasteiger partial charge in [-0.1, -0.05) is 26.0 Å². The number of anilines is 3. The van der Waals surface area contributed by atoms with Crippen LogP contribution in [0, 0.1) is 18.7 Å². The van der Waals surface area contributed by atoms with Crippen molar-refractivity contribution in [3.8, 4) is 0 Å². The van der Waals surface area contributed by atoms with Crippen LogP contribution < -0.4 is 10.6 Å². The van der Waals surface area contributed by atoms with Crippen molar-refractivity contribution in [2.75, 3.05) is 17.2 Å². The first-order valence-corrected chi connectivity index (χ1v) is 7.15. The van der Waals surface area contributed by atoms with Crippen LogP contribution in [0.2, 0.25) is 0 Å².